The van der Waals surface area contributed by atoms with Gasteiger partial charge >= 0.3 is 12.1 Å². The number of hydrogen-bond donors (Lipinski definition) is 3. The van der Waals surface area contributed by atoms with E-state index in [9.17, 15) is 19.2 Å². The zero-order valence-electron chi connectivity index (χ0n) is 23.6. The highest BCUT2D eigenvalue weighted by atomic mass is 16.6. The van der Waals surface area contributed by atoms with Crippen molar-refractivity contribution in [3.05, 3.63) is 35.4 Å². The van der Waals surface area contributed by atoms with Crippen molar-refractivity contribution in [3.63, 3.8) is 0 Å². The predicted octanol–water partition coefficient (Wildman–Crippen LogP) is 2.90. The van der Waals surface area contributed by atoms with Gasteiger partial charge in [-0.15, -0.1) is 0 Å². The van der Waals surface area contributed by atoms with Crippen molar-refractivity contribution in [1.82, 2.24) is 20.4 Å². The van der Waals surface area contributed by atoms with E-state index in [-0.39, 0.29) is 30.3 Å². The first-order chi connectivity index (χ1) is 18.5. The highest BCUT2D eigenvalue weighted by molar-refractivity contribution is 5.91. The van der Waals surface area contributed by atoms with Gasteiger partial charge in [0.25, 0.3) is 0 Å². The molecular weight excluding hydrogens is 498 g/mol. The van der Waals surface area contributed by atoms with Crippen molar-refractivity contribution in [1.29, 1.82) is 0 Å². The van der Waals surface area contributed by atoms with Crippen LogP contribution >= 0.6 is 0 Å². The fourth-order valence-electron chi connectivity index (χ4n) is 6.22. The summed E-state index contributed by atoms with van der Waals surface area (Å²) in [6.07, 6.45) is 4.06. The number of carbonyl (C=O) groups is 4. The van der Waals surface area contributed by atoms with Crippen LogP contribution in [0.4, 0.5) is 9.59 Å². The summed E-state index contributed by atoms with van der Waals surface area (Å²) in [5.74, 6) is -0.549. The largest absolute Gasteiger partial charge is 0.444 e. The molecule has 1 aliphatic carbocycles. The lowest BCUT2D eigenvalue weighted by Gasteiger charge is -2.36. The Morgan fingerprint density at radius 3 is 2.31 bits per heavy atom. The van der Waals surface area contributed by atoms with Crippen LogP contribution in [-0.2, 0) is 20.7 Å². The second kappa shape index (κ2) is 11.8. The number of likely N-dealkylation sites (tertiary alicyclic amines) is 2. The number of nitrogens with zero attached hydrogens (tertiary/aromatic N) is 2. The minimum Gasteiger partial charge on any atom is -0.444 e. The van der Waals surface area contributed by atoms with Crippen molar-refractivity contribution < 1.29 is 23.9 Å². The summed E-state index contributed by atoms with van der Waals surface area (Å²) in [4.78, 5) is 54.1. The molecule has 4 atom stereocenters. The van der Waals surface area contributed by atoms with Gasteiger partial charge in [-0.2, -0.15) is 0 Å². The Morgan fingerprint density at radius 1 is 1.05 bits per heavy atom. The maximum Gasteiger partial charge on any atom is 0.411 e. The maximum absolute atomic E-state index is 13.4. The molecule has 10 heteroatoms. The van der Waals surface area contributed by atoms with Gasteiger partial charge < -0.3 is 26.0 Å². The molecule has 0 spiro atoms. The quantitative estimate of drug-likeness (QED) is 0.488. The molecule has 214 valence electrons. The third-order valence-corrected chi connectivity index (χ3v) is 8.12. The first kappa shape index (κ1) is 28.7. The molecule has 3 fully saturated rings. The van der Waals surface area contributed by atoms with Crippen LogP contribution in [0.15, 0.2) is 24.3 Å². The summed E-state index contributed by atoms with van der Waals surface area (Å²) in [7, 11) is 0. The topological polar surface area (TPSA) is 134 Å². The highest BCUT2D eigenvalue weighted by Crippen LogP contribution is 2.43. The lowest BCUT2D eigenvalue weighted by Crippen LogP contribution is -2.57. The Balaban J connectivity index is 1.36. The zero-order chi connectivity index (χ0) is 28.3. The third-order valence-electron chi connectivity index (χ3n) is 8.12. The van der Waals surface area contributed by atoms with Crippen molar-refractivity contribution >= 4 is 23.9 Å². The second-order valence-corrected chi connectivity index (χ2v) is 12.1. The Kier molecular flexibility index (Phi) is 8.71. The van der Waals surface area contributed by atoms with Crippen LogP contribution in [0.5, 0.6) is 0 Å². The van der Waals surface area contributed by atoms with E-state index >= 15 is 0 Å². The number of carbonyl (C=O) groups excluding carboxylic acids is 4. The van der Waals surface area contributed by atoms with Crippen LogP contribution in [0.25, 0.3) is 0 Å². The summed E-state index contributed by atoms with van der Waals surface area (Å²) in [5.41, 5.74) is 7.12. The molecule has 0 aromatic heterocycles. The van der Waals surface area contributed by atoms with Crippen LogP contribution in [-0.4, -0.2) is 77.1 Å². The molecule has 2 aliphatic heterocycles. The number of primary amides is 1. The lowest BCUT2D eigenvalue weighted by atomic mass is 9.88. The van der Waals surface area contributed by atoms with Gasteiger partial charge in [-0.3, -0.25) is 14.5 Å². The number of hydrogen-bond acceptors (Lipinski definition) is 5. The van der Waals surface area contributed by atoms with Gasteiger partial charge in [0.2, 0.25) is 11.8 Å². The zero-order valence-corrected chi connectivity index (χ0v) is 23.6. The van der Waals surface area contributed by atoms with Crippen molar-refractivity contribution in [2.75, 3.05) is 19.6 Å². The van der Waals surface area contributed by atoms with Crippen molar-refractivity contribution in [2.24, 2.45) is 11.7 Å². The molecular formula is C29H43N5O5. The molecule has 4 rings (SSSR count). The molecule has 4 unspecified atom stereocenters. The predicted molar refractivity (Wildman–Crippen MR) is 147 cm³/mol. The Labute approximate surface area is 231 Å². The fraction of sp³-hybridized carbons (Fsp3) is 0.655. The van der Waals surface area contributed by atoms with Gasteiger partial charge in [-0.05, 0) is 82.8 Å². The number of amides is 5. The highest BCUT2D eigenvalue weighted by Gasteiger charge is 2.52. The Bertz CT molecular complexity index is 1060. The van der Waals surface area contributed by atoms with E-state index in [1.807, 2.05) is 24.0 Å². The number of nitrogens with two attached hydrogens (primary N) is 1. The number of rotatable bonds is 7. The van der Waals surface area contributed by atoms with E-state index in [4.69, 9.17) is 10.5 Å². The minimum absolute atomic E-state index is 0.00881. The van der Waals surface area contributed by atoms with E-state index in [0.29, 0.717) is 12.5 Å². The second-order valence-electron chi connectivity index (χ2n) is 12.1. The van der Waals surface area contributed by atoms with Crippen molar-refractivity contribution in [2.45, 2.75) is 95.9 Å². The number of piperidine rings is 2. The van der Waals surface area contributed by atoms with Gasteiger partial charge in [0.1, 0.15) is 17.7 Å². The summed E-state index contributed by atoms with van der Waals surface area (Å²) in [6, 6.07) is 6.48. The monoisotopic (exact) mass is 541 g/mol. The van der Waals surface area contributed by atoms with E-state index < -0.39 is 29.7 Å². The van der Waals surface area contributed by atoms with Crippen LogP contribution < -0.4 is 16.4 Å². The average Bonchev–Trinajstić information content (AvgIpc) is 3.50. The molecule has 2 bridgehead atoms. The SMILES string of the molecule is CCNC(=O)N1CCC(c2ccc(CC(NC(=O)C3C4CCC(C4)N3C(=O)OC(C)(C)C)C(N)=O)cc2)CC1. The number of nitrogens with one attached hydrogen (secondary N) is 2. The number of urea groups is 1. The van der Waals surface area contributed by atoms with Gasteiger partial charge in [0.05, 0.1) is 0 Å². The van der Waals surface area contributed by atoms with E-state index in [0.717, 1.165) is 50.8 Å². The summed E-state index contributed by atoms with van der Waals surface area (Å²) >= 11 is 0. The van der Waals surface area contributed by atoms with Crippen LogP contribution in [0.2, 0.25) is 0 Å². The molecule has 10 nitrogen and oxygen atoms in total. The number of benzene rings is 1. The molecule has 2 heterocycles. The van der Waals surface area contributed by atoms with E-state index in [1.54, 1.807) is 25.7 Å². The van der Waals surface area contributed by atoms with Crippen molar-refractivity contribution in [3.8, 4) is 0 Å². The first-order valence-corrected chi connectivity index (χ1v) is 14.2. The molecule has 2 saturated heterocycles. The molecule has 1 aromatic carbocycles. The third kappa shape index (κ3) is 6.83. The van der Waals surface area contributed by atoms with Gasteiger partial charge in [0.15, 0.2) is 0 Å². The van der Waals surface area contributed by atoms with Gasteiger partial charge in [-0.25, -0.2) is 9.59 Å². The summed E-state index contributed by atoms with van der Waals surface area (Å²) in [5, 5.41) is 5.69. The molecule has 4 N–H and O–H groups in total. The van der Waals surface area contributed by atoms with E-state index in [1.165, 1.54) is 5.56 Å². The number of fused-ring (bicyclic) bond motifs is 2. The smallest absolute Gasteiger partial charge is 0.411 e. The Hall–Kier alpha value is -3.30. The average molecular weight is 542 g/mol. The number of ether oxygens (including phenoxy) is 1. The van der Waals surface area contributed by atoms with Crippen LogP contribution in [0, 0.1) is 5.92 Å². The van der Waals surface area contributed by atoms with Gasteiger partial charge in [-0.1, -0.05) is 24.3 Å². The van der Waals surface area contributed by atoms with Crippen LogP contribution in [0.1, 0.15) is 76.8 Å². The van der Waals surface area contributed by atoms with Gasteiger partial charge in [0, 0.05) is 32.1 Å². The maximum atomic E-state index is 13.4. The normalized spacial score (nSPS) is 23.8. The summed E-state index contributed by atoms with van der Waals surface area (Å²) < 4.78 is 5.59. The fourth-order valence-corrected chi connectivity index (χ4v) is 6.22. The molecule has 5 amide bonds. The molecule has 39 heavy (non-hydrogen) atoms. The lowest BCUT2D eigenvalue weighted by molar-refractivity contribution is -0.132. The minimum atomic E-state index is -0.886. The molecule has 0 radical (unpaired) electrons. The van der Waals surface area contributed by atoms with E-state index in [2.05, 4.69) is 22.8 Å². The molecule has 1 aromatic rings. The van der Waals surface area contributed by atoms with Crippen LogP contribution in [0.3, 0.4) is 0 Å². The summed E-state index contributed by atoms with van der Waals surface area (Å²) in [6.45, 7) is 9.38. The standard InChI is InChI=1S/C29H43N5O5/c1-5-31-27(37)33-14-12-20(13-15-33)19-8-6-18(7-9-19)16-23(25(30)35)32-26(36)24-21-10-11-22(17-21)34(24)28(38)39-29(2,3)4/h6-9,20-24H,5,10-17H2,1-4H3,(H2,30,35)(H,31,37)(H,32,36). The molecule has 1 saturated carbocycles. The Morgan fingerprint density at radius 2 is 1.72 bits per heavy atom. The molecule has 3 aliphatic rings. The first-order valence-electron chi connectivity index (χ1n) is 14.2.